The number of aryl methyl sites for hydroxylation is 1. The van der Waals surface area contributed by atoms with Gasteiger partial charge < -0.3 is 20.0 Å². The van der Waals surface area contributed by atoms with Crippen LogP contribution in [0.2, 0.25) is 0 Å². The van der Waals surface area contributed by atoms with Crippen LogP contribution in [0.25, 0.3) is 0 Å². The second kappa shape index (κ2) is 11.1. The Labute approximate surface area is 185 Å². The van der Waals surface area contributed by atoms with Crippen molar-refractivity contribution in [3.05, 3.63) is 23.7 Å². The number of hydrogen-bond acceptors (Lipinski definition) is 3. The van der Waals surface area contributed by atoms with Crippen molar-refractivity contribution in [3.63, 3.8) is 0 Å². The fraction of sp³-hybridized carbons (Fsp3) is 0.714. The van der Waals surface area contributed by atoms with Crippen LogP contribution in [-0.4, -0.2) is 49.5 Å². The van der Waals surface area contributed by atoms with Crippen molar-refractivity contribution in [1.29, 1.82) is 0 Å². The molecule has 1 amide bonds. The van der Waals surface area contributed by atoms with E-state index in [2.05, 4.69) is 22.5 Å². The van der Waals surface area contributed by atoms with Gasteiger partial charge in [0.2, 0.25) is 0 Å². The molecule has 1 saturated heterocycles. The summed E-state index contributed by atoms with van der Waals surface area (Å²) in [6, 6.07) is 1.80. The average Bonchev–Trinajstić information content (AvgIpc) is 3.28. The molecule has 2 heterocycles. The van der Waals surface area contributed by atoms with E-state index >= 15 is 0 Å². The summed E-state index contributed by atoms with van der Waals surface area (Å²) in [6.45, 7) is 8.45. The molecule has 0 bridgehead atoms. The molecule has 2 fully saturated rings. The lowest BCUT2D eigenvalue weighted by Gasteiger charge is -2.33. The molecule has 0 unspecified atom stereocenters. The second-order valence-corrected chi connectivity index (χ2v) is 8.01. The van der Waals surface area contributed by atoms with Gasteiger partial charge >= 0.3 is 0 Å². The summed E-state index contributed by atoms with van der Waals surface area (Å²) in [7, 11) is 0. The van der Waals surface area contributed by atoms with E-state index in [1.807, 2.05) is 6.92 Å². The minimum Gasteiger partial charge on any atom is -0.459 e. The predicted molar refractivity (Wildman–Crippen MR) is 123 cm³/mol. The summed E-state index contributed by atoms with van der Waals surface area (Å²) in [4.78, 5) is 19.3. The number of furan rings is 1. The van der Waals surface area contributed by atoms with Gasteiger partial charge in [-0.3, -0.25) is 9.79 Å². The normalized spacial score (nSPS) is 18.8. The van der Waals surface area contributed by atoms with Gasteiger partial charge in [-0.15, -0.1) is 24.0 Å². The Balaban J connectivity index is 0.00000280. The van der Waals surface area contributed by atoms with E-state index in [1.165, 1.54) is 38.5 Å². The van der Waals surface area contributed by atoms with Gasteiger partial charge in [0.1, 0.15) is 0 Å². The SMILES string of the molecule is CCNC(=NCCCNC(=O)c1occc1C)N1CCC2(CCCCC2)C1.I. The molecule has 1 saturated carbocycles. The lowest BCUT2D eigenvalue weighted by atomic mass is 9.73. The highest BCUT2D eigenvalue weighted by molar-refractivity contribution is 14.0. The average molecular weight is 502 g/mol. The Kier molecular flexibility index (Phi) is 9.11. The van der Waals surface area contributed by atoms with Gasteiger partial charge in [0, 0.05) is 38.3 Å². The molecular weight excluding hydrogens is 467 g/mol. The lowest BCUT2D eigenvalue weighted by Crippen LogP contribution is -2.41. The molecule has 1 spiro atoms. The van der Waals surface area contributed by atoms with Gasteiger partial charge in [0.05, 0.1) is 6.26 Å². The number of halogens is 1. The van der Waals surface area contributed by atoms with Crippen LogP contribution in [0.4, 0.5) is 0 Å². The van der Waals surface area contributed by atoms with Crippen molar-refractivity contribution in [2.45, 2.75) is 58.8 Å². The highest BCUT2D eigenvalue weighted by Gasteiger charge is 2.39. The summed E-state index contributed by atoms with van der Waals surface area (Å²) in [5.74, 6) is 1.29. The Morgan fingerprint density at radius 2 is 2.04 bits per heavy atom. The molecule has 1 aliphatic heterocycles. The maximum Gasteiger partial charge on any atom is 0.287 e. The molecule has 2 aliphatic rings. The van der Waals surface area contributed by atoms with E-state index in [4.69, 9.17) is 9.41 Å². The van der Waals surface area contributed by atoms with Crippen LogP contribution in [0.1, 0.15) is 68.0 Å². The molecule has 2 N–H and O–H groups in total. The number of carbonyl (C=O) groups excluding carboxylic acids is 1. The number of amides is 1. The van der Waals surface area contributed by atoms with E-state index in [-0.39, 0.29) is 29.9 Å². The summed E-state index contributed by atoms with van der Waals surface area (Å²) in [5.41, 5.74) is 1.40. The fourth-order valence-electron chi connectivity index (χ4n) is 4.40. The molecule has 0 atom stereocenters. The first kappa shape index (κ1) is 23.0. The Morgan fingerprint density at radius 1 is 1.25 bits per heavy atom. The largest absolute Gasteiger partial charge is 0.459 e. The number of likely N-dealkylation sites (tertiary alicyclic amines) is 1. The first-order chi connectivity index (χ1) is 13.1. The molecule has 1 aromatic heterocycles. The topological polar surface area (TPSA) is 69.9 Å². The van der Waals surface area contributed by atoms with E-state index in [1.54, 1.807) is 12.3 Å². The molecule has 7 heteroatoms. The third kappa shape index (κ3) is 5.87. The van der Waals surface area contributed by atoms with Crippen LogP contribution in [-0.2, 0) is 0 Å². The van der Waals surface area contributed by atoms with Crippen LogP contribution in [0, 0.1) is 12.3 Å². The van der Waals surface area contributed by atoms with Crippen molar-refractivity contribution < 1.29 is 9.21 Å². The first-order valence-corrected chi connectivity index (χ1v) is 10.5. The van der Waals surface area contributed by atoms with Crippen molar-refractivity contribution in [2.75, 3.05) is 32.7 Å². The van der Waals surface area contributed by atoms with Gasteiger partial charge in [-0.05, 0) is 51.0 Å². The quantitative estimate of drug-likeness (QED) is 0.268. The number of hydrogen-bond donors (Lipinski definition) is 2. The first-order valence-electron chi connectivity index (χ1n) is 10.5. The fourth-order valence-corrected chi connectivity index (χ4v) is 4.40. The van der Waals surface area contributed by atoms with E-state index in [0.717, 1.165) is 37.6 Å². The van der Waals surface area contributed by atoms with Crippen molar-refractivity contribution >= 4 is 35.8 Å². The van der Waals surface area contributed by atoms with Crippen LogP contribution < -0.4 is 10.6 Å². The zero-order valence-corrected chi connectivity index (χ0v) is 19.6. The molecule has 0 radical (unpaired) electrons. The van der Waals surface area contributed by atoms with Crippen LogP contribution in [0.5, 0.6) is 0 Å². The van der Waals surface area contributed by atoms with Crippen LogP contribution in [0.3, 0.4) is 0 Å². The number of nitrogens with one attached hydrogen (secondary N) is 2. The molecular formula is C21H35IN4O2. The van der Waals surface area contributed by atoms with Crippen molar-refractivity contribution in [3.8, 4) is 0 Å². The van der Waals surface area contributed by atoms with Gasteiger partial charge in [0.25, 0.3) is 5.91 Å². The third-order valence-electron chi connectivity index (χ3n) is 5.94. The highest BCUT2D eigenvalue weighted by Crippen LogP contribution is 2.43. The molecule has 6 nitrogen and oxygen atoms in total. The zero-order valence-electron chi connectivity index (χ0n) is 17.3. The maximum atomic E-state index is 12.0. The van der Waals surface area contributed by atoms with Gasteiger partial charge in [-0.1, -0.05) is 19.3 Å². The summed E-state index contributed by atoms with van der Waals surface area (Å²) < 4.78 is 5.22. The van der Waals surface area contributed by atoms with Gasteiger partial charge in [0.15, 0.2) is 11.7 Å². The Bertz CT molecular complexity index is 653. The number of guanidine groups is 1. The predicted octanol–water partition coefficient (Wildman–Crippen LogP) is 3.95. The monoisotopic (exact) mass is 502 g/mol. The molecule has 28 heavy (non-hydrogen) atoms. The third-order valence-corrected chi connectivity index (χ3v) is 5.94. The smallest absolute Gasteiger partial charge is 0.287 e. The minimum absolute atomic E-state index is 0. The molecule has 0 aromatic carbocycles. The number of nitrogens with zero attached hydrogens (tertiary/aromatic N) is 2. The molecule has 1 aliphatic carbocycles. The van der Waals surface area contributed by atoms with E-state index in [9.17, 15) is 4.79 Å². The standard InChI is InChI=1S/C21H34N4O2.HI/c1-3-22-20(25-14-11-21(16-25)9-5-4-6-10-21)24-13-7-12-23-19(26)18-17(2)8-15-27-18;/h8,15H,3-7,9-14,16H2,1-2H3,(H,22,24)(H,23,26);1H. The zero-order chi connectivity index (χ0) is 19.1. The number of carbonyl (C=O) groups is 1. The van der Waals surface area contributed by atoms with E-state index in [0.29, 0.717) is 24.3 Å². The molecule has 158 valence electrons. The number of aliphatic imine (C=N–C) groups is 1. The van der Waals surface area contributed by atoms with Crippen molar-refractivity contribution in [1.82, 2.24) is 15.5 Å². The van der Waals surface area contributed by atoms with E-state index < -0.39 is 0 Å². The van der Waals surface area contributed by atoms with Crippen LogP contribution in [0.15, 0.2) is 21.7 Å². The Morgan fingerprint density at radius 3 is 2.71 bits per heavy atom. The van der Waals surface area contributed by atoms with Gasteiger partial charge in [-0.25, -0.2) is 0 Å². The molecule has 3 rings (SSSR count). The Hall–Kier alpha value is -1.25. The summed E-state index contributed by atoms with van der Waals surface area (Å²) in [5, 5.41) is 6.36. The van der Waals surface area contributed by atoms with Crippen LogP contribution >= 0.6 is 24.0 Å². The van der Waals surface area contributed by atoms with Crippen molar-refractivity contribution in [2.24, 2.45) is 10.4 Å². The second-order valence-electron chi connectivity index (χ2n) is 8.01. The highest BCUT2D eigenvalue weighted by atomic mass is 127. The maximum absolute atomic E-state index is 12.0. The lowest BCUT2D eigenvalue weighted by molar-refractivity contribution is 0.0925. The minimum atomic E-state index is -0.146. The molecule has 1 aromatic rings. The van der Waals surface area contributed by atoms with Gasteiger partial charge in [-0.2, -0.15) is 0 Å². The summed E-state index contributed by atoms with van der Waals surface area (Å²) >= 11 is 0. The summed E-state index contributed by atoms with van der Waals surface area (Å²) in [6.07, 6.45) is 10.6. The number of rotatable bonds is 6.